The van der Waals surface area contributed by atoms with Crippen molar-refractivity contribution < 1.29 is 30.6 Å². The van der Waals surface area contributed by atoms with Gasteiger partial charge in [-0.05, 0) is 24.3 Å². The summed E-state index contributed by atoms with van der Waals surface area (Å²) in [6, 6.07) is 3.02. The highest BCUT2D eigenvalue weighted by Gasteiger charge is 2.30. The lowest BCUT2D eigenvalue weighted by atomic mass is 10.1. The molecule has 0 spiro atoms. The van der Waals surface area contributed by atoms with Crippen LogP contribution in [0, 0.1) is 0 Å². The molecule has 1 aromatic rings. The quantitative estimate of drug-likeness (QED) is 0.768. The fourth-order valence-corrected chi connectivity index (χ4v) is 1.35. The summed E-state index contributed by atoms with van der Waals surface area (Å²) in [6.45, 7) is 0. The second-order valence-corrected chi connectivity index (χ2v) is 4.72. The van der Waals surface area contributed by atoms with E-state index < -0.39 is 27.8 Å². The minimum absolute atomic E-state index is 0.275. The molecule has 0 radical (unpaired) electrons. The average Bonchev–Trinajstić information content (AvgIpc) is 2.14. The molecule has 0 N–H and O–H groups in total. The highest BCUT2D eigenvalue weighted by Crippen LogP contribution is 2.29. The number of benzene rings is 1. The predicted molar refractivity (Wildman–Crippen MR) is 51.7 cm³/mol. The van der Waals surface area contributed by atoms with Gasteiger partial charge in [-0.15, -0.1) is 0 Å². The Morgan fingerprint density at radius 3 is 2.00 bits per heavy atom. The lowest BCUT2D eigenvalue weighted by Gasteiger charge is -2.06. The third-order valence-electron chi connectivity index (χ3n) is 1.67. The van der Waals surface area contributed by atoms with E-state index >= 15 is 0 Å². The van der Waals surface area contributed by atoms with Gasteiger partial charge in [0.2, 0.25) is 0 Å². The SMILES string of the molecule is CS(=O)(=O)OC(=O)c1ccc(C(F)(F)F)cc1. The van der Waals surface area contributed by atoms with E-state index in [9.17, 15) is 26.4 Å². The molecule has 94 valence electrons. The largest absolute Gasteiger partial charge is 0.416 e. The molecule has 0 amide bonds. The van der Waals surface area contributed by atoms with Gasteiger partial charge >= 0.3 is 22.3 Å². The van der Waals surface area contributed by atoms with Crippen LogP contribution < -0.4 is 0 Å². The highest BCUT2D eigenvalue weighted by molar-refractivity contribution is 7.86. The van der Waals surface area contributed by atoms with E-state index in [2.05, 4.69) is 4.18 Å². The molecule has 0 heterocycles. The smallest absolute Gasteiger partial charge is 0.341 e. The zero-order valence-corrected chi connectivity index (χ0v) is 9.30. The monoisotopic (exact) mass is 268 g/mol. The molecule has 8 heteroatoms. The molecule has 0 unspecified atom stereocenters. The van der Waals surface area contributed by atoms with Crippen LogP contribution in [-0.4, -0.2) is 20.6 Å². The van der Waals surface area contributed by atoms with Crippen molar-refractivity contribution in [3.8, 4) is 0 Å². The highest BCUT2D eigenvalue weighted by atomic mass is 32.2. The molecule has 0 atom stereocenters. The van der Waals surface area contributed by atoms with Gasteiger partial charge in [0.25, 0.3) is 0 Å². The maximum absolute atomic E-state index is 12.2. The maximum atomic E-state index is 12.2. The van der Waals surface area contributed by atoms with Crippen molar-refractivity contribution in [2.75, 3.05) is 6.26 Å². The summed E-state index contributed by atoms with van der Waals surface area (Å²) < 4.78 is 61.8. The number of carbonyl (C=O) groups is 1. The summed E-state index contributed by atoms with van der Waals surface area (Å²) in [7, 11) is -3.98. The van der Waals surface area contributed by atoms with Gasteiger partial charge in [0.1, 0.15) is 0 Å². The Kier molecular flexibility index (Phi) is 3.46. The summed E-state index contributed by atoms with van der Waals surface area (Å²) >= 11 is 0. The summed E-state index contributed by atoms with van der Waals surface area (Å²) in [5.74, 6) is -1.22. The maximum Gasteiger partial charge on any atom is 0.416 e. The van der Waals surface area contributed by atoms with Crippen molar-refractivity contribution >= 4 is 16.1 Å². The van der Waals surface area contributed by atoms with Gasteiger partial charge in [0.05, 0.1) is 17.4 Å². The molecule has 0 aromatic heterocycles. The Labute approximate surface area is 95.1 Å². The van der Waals surface area contributed by atoms with Crippen LogP contribution in [0.2, 0.25) is 0 Å². The summed E-state index contributed by atoms with van der Waals surface area (Å²) in [5, 5.41) is 0. The van der Waals surface area contributed by atoms with Crippen molar-refractivity contribution in [3.63, 3.8) is 0 Å². The molecular weight excluding hydrogens is 261 g/mol. The van der Waals surface area contributed by atoms with Gasteiger partial charge in [-0.3, -0.25) is 0 Å². The standard InChI is InChI=1S/C9H7F3O4S/c1-17(14,15)16-8(13)6-2-4-7(5-3-6)9(10,11)12/h2-5H,1H3. The molecule has 0 saturated heterocycles. The summed E-state index contributed by atoms with van der Waals surface area (Å²) in [5.41, 5.74) is -1.21. The molecule has 0 saturated carbocycles. The number of hydrogen-bond donors (Lipinski definition) is 0. The normalized spacial score (nSPS) is 12.2. The van der Waals surface area contributed by atoms with Crippen LogP contribution in [0.5, 0.6) is 0 Å². The molecule has 0 fully saturated rings. The summed E-state index contributed by atoms with van der Waals surface area (Å²) in [4.78, 5) is 11.1. The fourth-order valence-electron chi connectivity index (χ4n) is 0.981. The third kappa shape index (κ3) is 4.06. The van der Waals surface area contributed by atoms with Crippen LogP contribution in [0.15, 0.2) is 24.3 Å². The van der Waals surface area contributed by atoms with E-state index in [0.29, 0.717) is 18.4 Å². The van der Waals surface area contributed by atoms with E-state index in [0.717, 1.165) is 12.1 Å². The lowest BCUT2D eigenvalue weighted by molar-refractivity contribution is -0.137. The van der Waals surface area contributed by atoms with Crippen molar-refractivity contribution in [2.24, 2.45) is 0 Å². The summed E-state index contributed by atoms with van der Waals surface area (Å²) in [6.07, 6.45) is -3.85. The van der Waals surface area contributed by atoms with Crippen LogP contribution in [0.3, 0.4) is 0 Å². The van der Waals surface area contributed by atoms with Crippen LogP contribution in [0.25, 0.3) is 0 Å². The Morgan fingerprint density at radius 1 is 1.18 bits per heavy atom. The molecule has 17 heavy (non-hydrogen) atoms. The van der Waals surface area contributed by atoms with Crippen LogP contribution >= 0.6 is 0 Å². The number of alkyl halides is 3. The Morgan fingerprint density at radius 2 is 1.65 bits per heavy atom. The first-order chi connectivity index (χ1) is 7.59. The number of halogens is 3. The number of carbonyl (C=O) groups excluding carboxylic acids is 1. The Bertz CT molecular complexity index is 516. The van der Waals surface area contributed by atoms with Gasteiger partial charge in [0.15, 0.2) is 0 Å². The molecule has 4 nitrogen and oxygen atoms in total. The lowest BCUT2D eigenvalue weighted by Crippen LogP contribution is -2.12. The van der Waals surface area contributed by atoms with E-state index in [1.165, 1.54) is 0 Å². The van der Waals surface area contributed by atoms with Gasteiger partial charge < -0.3 is 4.18 Å². The molecule has 1 aromatic carbocycles. The van der Waals surface area contributed by atoms with Gasteiger partial charge in [-0.1, -0.05) is 0 Å². The Hall–Kier alpha value is -1.57. The van der Waals surface area contributed by atoms with E-state index in [1.807, 2.05) is 0 Å². The second kappa shape index (κ2) is 4.36. The second-order valence-electron chi connectivity index (χ2n) is 3.15. The zero-order chi connectivity index (χ0) is 13.3. The fraction of sp³-hybridized carbons (Fsp3) is 0.222. The van der Waals surface area contributed by atoms with Crippen molar-refractivity contribution in [1.29, 1.82) is 0 Å². The zero-order valence-electron chi connectivity index (χ0n) is 8.48. The first-order valence-corrected chi connectivity index (χ1v) is 6.02. The minimum atomic E-state index is -4.51. The Balaban J connectivity index is 2.93. The third-order valence-corrected chi connectivity index (χ3v) is 2.13. The van der Waals surface area contributed by atoms with Crippen molar-refractivity contribution in [2.45, 2.75) is 6.18 Å². The topological polar surface area (TPSA) is 60.4 Å². The molecule has 0 aliphatic rings. The number of rotatable bonds is 2. The van der Waals surface area contributed by atoms with Gasteiger partial charge in [-0.2, -0.15) is 21.6 Å². The van der Waals surface area contributed by atoms with Gasteiger partial charge in [0, 0.05) is 0 Å². The molecule has 0 aliphatic carbocycles. The average molecular weight is 268 g/mol. The van der Waals surface area contributed by atoms with E-state index in [-0.39, 0.29) is 5.56 Å². The molecular formula is C9H7F3O4S. The van der Waals surface area contributed by atoms with Crippen LogP contribution in [0.4, 0.5) is 13.2 Å². The first kappa shape index (κ1) is 13.5. The predicted octanol–water partition coefficient (Wildman–Crippen LogP) is 1.82. The van der Waals surface area contributed by atoms with Crippen molar-refractivity contribution in [1.82, 2.24) is 0 Å². The first-order valence-electron chi connectivity index (χ1n) is 4.20. The van der Waals surface area contributed by atoms with Crippen LogP contribution in [-0.2, 0) is 20.5 Å². The molecule has 1 rings (SSSR count). The minimum Gasteiger partial charge on any atom is -0.341 e. The van der Waals surface area contributed by atoms with Gasteiger partial charge in [-0.25, -0.2) is 4.79 Å². The van der Waals surface area contributed by atoms with Crippen molar-refractivity contribution in [3.05, 3.63) is 35.4 Å². The number of hydrogen-bond acceptors (Lipinski definition) is 4. The van der Waals surface area contributed by atoms with E-state index in [1.54, 1.807) is 0 Å². The van der Waals surface area contributed by atoms with Crippen LogP contribution in [0.1, 0.15) is 15.9 Å². The van der Waals surface area contributed by atoms with E-state index in [4.69, 9.17) is 0 Å². The molecule has 0 bridgehead atoms. The molecule has 0 aliphatic heterocycles.